The Morgan fingerprint density at radius 3 is 2.81 bits per heavy atom. The van der Waals surface area contributed by atoms with E-state index in [0.29, 0.717) is 11.4 Å². The molecule has 1 aromatic rings. The summed E-state index contributed by atoms with van der Waals surface area (Å²) in [6, 6.07) is 5.75. The van der Waals surface area contributed by atoms with E-state index in [1.54, 1.807) is 0 Å². The van der Waals surface area contributed by atoms with Crippen molar-refractivity contribution in [3.63, 3.8) is 0 Å². The Hall–Kier alpha value is -0.870. The van der Waals surface area contributed by atoms with Crippen molar-refractivity contribution in [1.29, 1.82) is 0 Å². The van der Waals surface area contributed by atoms with Crippen LogP contribution in [0.25, 0.3) is 0 Å². The lowest BCUT2D eigenvalue weighted by Crippen LogP contribution is -2.32. The van der Waals surface area contributed by atoms with E-state index in [4.69, 9.17) is 10.5 Å². The molecule has 1 aliphatic carbocycles. The van der Waals surface area contributed by atoms with Crippen molar-refractivity contribution in [2.45, 2.75) is 68.5 Å². The van der Waals surface area contributed by atoms with Gasteiger partial charge < -0.3 is 10.5 Å². The molecule has 1 aromatic carbocycles. The number of anilines is 1. The lowest BCUT2D eigenvalue weighted by molar-refractivity contribution is -0.0557. The van der Waals surface area contributed by atoms with Gasteiger partial charge in [0.05, 0.1) is 33.2 Å². The first-order valence-electron chi connectivity index (χ1n) is 8.00. The van der Waals surface area contributed by atoms with E-state index < -0.39 is 10.8 Å². The molecule has 2 N–H and O–H groups in total. The van der Waals surface area contributed by atoms with Crippen molar-refractivity contribution in [2.75, 3.05) is 11.5 Å². The molecule has 4 heteroatoms. The zero-order valence-corrected chi connectivity index (χ0v) is 13.6. The third-order valence-corrected chi connectivity index (χ3v) is 6.37. The summed E-state index contributed by atoms with van der Waals surface area (Å²) >= 11 is 0. The van der Waals surface area contributed by atoms with Crippen LogP contribution in [0.4, 0.5) is 5.69 Å². The molecule has 1 saturated carbocycles. The Labute approximate surface area is 129 Å². The van der Waals surface area contributed by atoms with E-state index >= 15 is 0 Å². The smallest absolute Gasteiger partial charge is 0.0702 e. The standard InChI is InChI=1S/C17H25NO2S/c1-13-5-6-15(18)16(11-13)21(19)12-14-7-10-17(20-14)8-3-2-4-9-17/h5-6,11,14H,2-4,7-10,12,18H2,1H3. The van der Waals surface area contributed by atoms with Gasteiger partial charge in [-0.2, -0.15) is 0 Å². The van der Waals surface area contributed by atoms with Gasteiger partial charge in [-0.05, 0) is 50.3 Å². The Balaban J connectivity index is 1.64. The molecular formula is C17H25NO2S. The Morgan fingerprint density at radius 2 is 2.05 bits per heavy atom. The van der Waals surface area contributed by atoms with Crippen LogP contribution in [0.5, 0.6) is 0 Å². The summed E-state index contributed by atoms with van der Waals surface area (Å²) in [6.45, 7) is 2.00. The van der Waals surface area contributed by atoms with Crippen molar-refractivity contribution in [1.82, 2.24) is 0 Å². The second kappa shape index (κ2) is 6.09. The topological polar surface area (TPSA) is 52.3 Å². The summed E-state index contributed by atoms with van der Waals surface area (Å²) in [5.41, 5.74) is 7.80. The molecule has 3 rings (SSSR count). The van der Waals surface area contributed by atoms with Gasteiger partial charge in [-0.3, -0.25) is 4.21 Å². The molecule has 116 valence electrons. The van der Waals surface area contributed by atoms with Gasteiger partial charge in [0.1, 0.15) is 0 Å². The summed E-state index contributed by atoms with van der Waals surface area (Å²) in [6.07, 6.45) is 8.56. The van der Waals surface area contributed by atoms with Crippen LogP contribution in [0.1, 0.15) is 50.5 Å². The number of nitrogen functional groups attached to an aromatic ring is 1. The molecule has 21 heavy (non-hydrogen) atoms. The predicted molar refractivity (Wildman–Crippen MR) is 86.8 cm³/mol. The number of hydrogen-bond acceptors (Lipinski definition) is 3. The molecule has 2 atom stereocenters. The quantitative estimate of drug-likeness (QED) is 0.869. The van der Waals surface area contributed by atoms with Crippen molar-refractivity contribution >= 4 is 16.5 Å². The molecule has 0 amide bonds. The van der Waals surface area contributed by atoms with Gasteiger partial charge in [0, 0.05) is 5.69 Å². The third-order valence-electron chi connectivity index (χ3n) is 4.85. The molecular weight excluding hydrogens is 282 g/mol. The first-order chi connectivity index (χ1) is 10.1. The zero-order chi connectivity index (χ0) is 14.9. The molecule has 1 saturated heterocycles. The SMILES string of the molecule is Cc1ccc(N)c(S(=O)CC2CCC3(CCCCC3)O2)c1. The predicted octanol–water partition coefficient (Wildman–Crippen LogP) is 3.57. The van der Waals surface area contributed by atoms with E-state index in [0.717, 1.165) is 23.3 Å². The average molecular weight is 307 g/mol. The van der Waals surface area contributed by atoms with E-state index in [2.05, 4.69) is 0 Å². The summed E-state index contributed by atoms with van der Waals surface area (Å²) in [5.74, 6) is 0.579. The summed E-state index contributed by atoms with van der Waals surface area (Å²) in [5, 5.41) is 0. The maximum atomic E-state index is 12.6. The summed E-state index contributed by atoms with van der Waals surface area (Å²) < 4.78 is 18.9. The zero-order valence-electron chi connectivity index (χ0n) is 12.8. The van der Waals surface area contributed by atoms with Crippen LogP contribution in [-0.4, -0.2) is 21.7 Å². The van der Waals surface area contributed by atoms with E-state index in [1.807, 2.05) is 25.1 Å². The van der Waals surface area contributed by atoms with Crippen molar-refractivity contribution in [3.05, 3.63) is 23.8 Å². The number of rotatable bonds is 3. The molecule has 3 nitrogen and oxygen atoms in total. The number of hydrogen-bond donors (Lipinski definition) is 1. The van der Waals surface area contributed by atoms with Gasteiger partial charge >= 0.3 is 0 Å². The van der Waals surface area contributed by atoms with Crippen LogP contribution in [0, 0.1) is 6.92 Å². The van der Waals surface area contributed by atoms with Crippen LogP contribution in [0.3, 0.4) is 0 Å². The Kier molecular flexibility index (Phi) is 4.36. The van der Waals surface area contributed by atoms with E-state index in [-0.39, 0.29) is 11.7 Å². The first-order valence-corrected chi connectivity index (χ1v) is 9.32. The summed E-state index contributed by atoms with van der Waals surface area (Å²) in [7, 11) is -1.07. The highest BCUT2D eigenvalue weighted by Crippen LogP contribution is 2.42. The first kappa shape index (κ1) is 15.0. The van der Waals surface area contributed by atoms with Gasteiger partial charge in [-0.1, -0.05) is 25.3 Å². The lowest BCUT2D eigenvalue weighted by atomic mass is 9.83. The Morgan fingerprint density at radius 1 is 1.29 bits per heavy atom. The maximum absolute atomic E-state index is 12.6. The van der Waals surface area contributed by atoms with Crippen molar-refractivity contribution < 1.29 is 8.95 Å². The fraction of sp³-hybridized carbons (Fsp3) is 0.647. The summed E-state index contributed by atoms with van der Waals surface area (Å²) in [4.78, 5) is 0.767. The lowest BCUT2D eigenvalue weighted by Gasteiger charge is -2.33. The second-order valence-corrected chi connectivity index (χ2v) is 8.04. The highest BCUT2D eigenvalue weighted by Gasteiger charge is 2.41. The normalized spacial score (nSPS) is 26.0. The fourth-order valence-electron chi connectivity index (χ4n) is 3.67. The highest BCUT2D eigenvalue weighted by atomic mass is 32.2. The van der Waals surface area contributed by atoms with Gasteiger partial charge in [0.15, 0.2) is 0 Å². The monoisotopic (exact) mass is 307 g/mol. The van der Waals surface area contributed by atoms with E-state index in [1.165, 1.54) is 32.1 Å². The van der Waals surface area contributed by atoms with Gasteiger partial charge in [-0.25, -0.2) is 0 Å². The molecule has 1 aliphatic heterocycles. The van der Waals surface area contributed by atoms with Gasteiger partial charge in [0.25, 0.3) is 0 Å². The average Bonchev–Trinajstić information content (AvgIpc) is 2.84. The molecule has 0 radical (unpaired) electrons. The highest BCUT2D eigenvalue weighted by molar-refractivity contribution is 7.85. The molecule has 2 fully saturated rings. The largest absolute Gasteiger partial charge is 0.398 e. The van der Waals surface area contributed by atoms with Crippen LogP contribution in [-0.2, 0) is 15.5 Å². The van der Waals surface area contributed by atoms with Gasteiger partial charge in [-0.15, -0.1) is 0 Å². The minimum Gasteiger partial charge on any atom is -0.398 e. The minimum absolute atomic E-state index is 0.102. The molecule has 2 unspecified atom stereocenters. The Bertz CT molecular complexity index is 538. The maximum Gasteiger partial charge on any atom is 0.0702 e. The molecule has 0 bridgehead atoms. The number of benzene rings is 1. The van der Waals surface area contributed by atoms with Crippen molar-refractivity contribution in [2.24, 2.45) is 0 Å². The van der Waals surface area contributed by atoms with Crippen LogP contribution >= 0.6 is 0 Å². The number of ether oxygens (including phenoxy) is 1. The van der Waals surface area contributed by atoms with Gasteiger partial charge in [0.2, 0.25) is 0 Å². The van der Waals surface area contributed by atoms with Crippen LogP contribution < -0.4 is 5.73 Å². The number of nitrogens with two attached hydrogens (primary N) is 1. The van der Waals surface area contributed by atoms with Crippen molar-refractivity contribution in [3.8, 4) is 0 Å². The molecule has 1 spiro atoms. The molecule has 0 aromatic heterocycles. The molecule has 1 heterocycles. The number of aryl methyl sites for hydroxylation is 1. The van der Waals surface area contributed by atoms with Crippen LogP contribution in [0.15, 0.2) is 23.1 Å². The second-order valence-electron chi connectivity index (χ2n) is 6.58. The van der Waals surface area contributed by atoms with E-state index in [9.17, 15) is 4.21 Å². The fourth-order valence-corrected chi connectivity index (χ4v) is 5.07. The minimum atomic E-state index is -1.07. The molecule has 2 aliphatic rings. The van der Waals surface area contributed by atoms with Crippen LogP contribution in [0.2, 0.25) is 0 Å². The third kappa shape index (κ3) is 3.32.